The number of aliphatic hydroxyl groups excluding tert-OH is 1. The quantitative estimate of drug-likeness (QED) is 0.0108. The van der Waals surface area contributed by atoms with Gasteiger partial charge in [-0.25, -0.2) is 0 Å². The van der Waals surface area contributed by atoms with Crippen LogP contribution in [0.2, 0.25) is 0 Å². The van der Waals surface area contributed by atoms with Gasteiger partial charge < -0.3 is 122 Å². The Morgan fingerprint density at radius 1 is 0.402 bits per heavy atom. The highest BCUT2D eigenvalue weighted by atomic mass is 32.1. The van der Waals surface area contributed by atoms with Crippen molar-refractivity contribution in [3.05, 3.63) is 102 Å². The number of aliphatic hydroxyl groups is 1. The molecule has 0 aromatic heterocycles. The van der Waals surface area contributed by atoms with Gasteiger partial charge in [-0.2, -0.15) is 12.6 Å². The number of carboxylic acids is 4. The molecule has 0 saturated carbocycles. The minimum absolute atomic E-state index is 0.00887. The average molecular weight is 1520 g/mol. The summed E-state index contributed by atoms with van der Waals surface area (Å²) < 4.78 is 0. The molecule has 41 nitrogen and oxygen atoms in total. The molecule has 0 unspecified atom stereocenters. The second-order valence-corrected chi connectivity index (χ2v) is 24.5. The van der Waals surface area contributed by atoms with Crippen LogP contribution in [-0.2, 0) is 96.0 Å². The molecule has 0 fully saturated rings. The molecule has 0 aliphatic rings. The minimum Gasteiger partial charge on any atom is -0.508 e. The number of benzene rings is 3. The van der Waals surface area contributed by atoms with Crippen molar-refractivity contribution in [2.45, 2.75) is 151 Å². The van der Waals surface area contributed by atoms with Crippen molar-refractivity contribution in [1.82, 2.24) is 74.4 Å². The molecule has 0 bridgehead atoms. The van der Waals surface area contributed by atoms with E-state index in [0.29, 0.717) is 5.56 Å². The van der Waals surface area contributed by atoms with Crippen molar-refractivity contribution >= 4 is 119 Å². The number of carbonyl (C=O) groups excluding carboxylic acids is 12. The maximum atomic E-state index is 14.3. The molecule has 0 heterocycles. The number of carbonyl (C=O) groups is 16. The van der Waals surface area contributed by atoms with Gasteiger partial charge >= 0.3 is 23.9 Å². The molecule has 12 amide bonds. The summed E-state index contributed by atoms with van der Waals surface area (Å²) in [5, 5.41) is 106. The van der Waals surface area contributed by atoms with Crippen molar-refractivity contribution in [1.29, 1.82) is 10.8 Å². The second kappa shape index (κ2) is 45.8. The summed E-state index contributed by atoms with van der Waals surface area (Å²) in [5.41, 5.74) is 18.3. The maximum absolute atomic E-state index is 14.3. The van der Waals surface area contributed by atoms with Crippen LogP contribution in [0, 0.1) is 10.8 Å². The molecule has 107 heavy (non-hydrogen) atoms. The summed E-state index contributed by atoms with van der Waals surface area (Å²) in [7, 11) is 0. The Hall–Kier alpha value is -12.2. The number of phenols is 1. The Kier molecular flexibility index (Phi) is 38.1. The molecule has 3 aromatic rings. The van der Waals surface area contributed by atoms with Gasteiger partial charge in [0.2, 0.25) is 70.9 Å². The van der Waals surface area contributed by atoms with Crippen LogP contribution in [0.25, 0.3) is 0 Å². The molecular formula is C65H91N19O22S. The number of nitrogens with two attached hydrogens (primary N) is 3. The molecule has 42 heteroatoms. The number of hydrogen-bond donors (Lipinski definition) is 26. The van der Waals surface area contributed by atoms with E-state index >= 15 is 0 Å². The summed E-state index contributed by atoms with van der Waals surface area (Å²) in [6.45, 7) is -0.0618. The SMILES string of the molecule is C[C@H](NC(=O)[C@H](CC(=O)O)NC(=O)[C@H](Cc1ccc(O)cc1)NC(=O)CNC(=O)[C@H](CO)NC(=O)[C@H](Cc1ccccc1)NC(=O)[C@H](CC(=O)O)NC(=O)[C@H](CC(=O)O)NC(=O)[C@H](CCCNC(=N)N)NC(=O)[C@H](CCCNC(=N)N)NC(=O)[C@H](C)NC(=O)[C@H](CS)NC(=O)[C@@H](N)Cc1ccccc1)C(=O)O. The van der Waals surface area contributed by atoms with E-state index in [1.165, 1.54) is 55.5 Å². The number of rotatable bonds is 47. The number of hydrogen-bond acceptors (Lipinski definition) is 22. The van der Waals surface area contributed by atoms with Crippen molar-refractivity contribution in [3.63, 3.8) is 0 Å². The lowest BCUT2D eigenvalue weighted by atomic mass is 10.0. The van der Waals surface area contributed by atoms with E-state index in [2.05, 4.69) is 81.7 Å². The molecule has 28 N–H and O–H groups in total. The molecular weight excluding hydrogens is 1430 g/mol. The van der Waals surface area contributed by atoms with Crippen molar-refractivity contribution in [3.8, 4) is 5.75 Å². The molecule has 3 aromatic carbocycles. The van der Waals surface area contributed by atoms with Gasteiger partial charge in [-0.1, -0.05) is 72.8 Å². The standard InChI is InChI=1S/C65H91N19O22S/c1-32(74-62(104)47(31-107)84-53(95)38(66)23-34-11-5-3-6-12-34)52(94)77-39(15-9-21-71-64(67)68)55(97)78-40(16-10-22-72-65(69)70)56(98)80-44(27-50(90)91)61(103)82-45(28-51(92)93)60(102)79-42(24-35-13-7-4-8-14-35)59(101)83-46(30-85)54(96)73-29-48(87)76-41(25-36-17-19-37(86)20-18-36)58(100)81-43(26-49(88)89)57(99)75-33(2)63(105)106/h3-8,11-14,17-20,32-33,38-47,85-86,107H,9-10,15-16,21-31,66H2,1-2H3,(H,73,96)(H,74,104)(H,75,99)(H,76,87)(H,77,94)(H,78,97)(H,79,102)(H,80,98)(H,81,100)(H,82,103)(H,83,101)(H,84,95)(H,88,89)(H,90,91)(H,92,93)(H,105,106)(H4,67,68,71)(H4,69,70,72)/t32-,33-,38-,39-,40-,41-,42-,43-,44-,45-,46-,47-/m0/s1. The van der Waals surface area contributed by atoms with E-state index in [4.69, 9.17) is 28.0 Å². The van der Waals surface area contributed by atoms with Gasteiger partial charge in [-0.05, 0) is 74.8 Å². The molecule has 0 aliphatic carbocycles. The number of aliphatic carboxylic acids is 4. The predicted molar refractivity (Wildman–Crippen MR) is 379 cm³/mol. The van der Waals surface area contributed by atoms with Crippen molar-refractivity contribution < 1.29 is 107 Å². The summed E-state index contributed by atoms with van der Waals surface area (Å²) in [6.07, 6.45) is -5.06. The Morgan fingerprint density at radius 2 is 0.748 bits per heavy atom. The summed E-state index contributed by atoms with van der Waals surface area (Å²) in [6, 6.07) is 1.01. The van der Waals surface area contributed by atoms with Crippen LogP contribution >= 0.6 is 12.6 Å². The first-order chi connectivity index (χ1) is 50.5. The second-order valence-electron chi connectivity index (χ2n) is 24.1. The molecule has 0 radical (unpaired) electrons. The molecule has 0 saturated heterocycles. The van der Waals surface area contributed by atoms with Crippen LogP contribution in [0.4, 0.5) is 0 Å². The fourth-order valence-corrected chi connectivity index (χ4v) is 9.99. The number of guanidine groups is 2. The maximum Gasteiger partial charge on any atom is 0.325 e. The Balaban J connectivity index is 1.88. The zero-order valence-corrected chi connectivity index (χ0v) is 58.9. The van der Waals surface area contributed by atoms with Gasteiger partial charge in [-0.15, -0.1) is 0 Å². The zero-order chi connectivity index (χ0) is 80.0. The third kappa shape index (κ3) is 33.8. The monoisotopic (exact) mass is 1520 g/mol. The normalized spacial score (nSPS) is 14.1. The van der Waals surface area contributed by atoms with Gasteiger partial charge in [0.05, 0.1) is 38.5 Å². The van der Waals surface area contributed by atoms with Gasteiger partial charge in [-0.3, -0.25) is 87.5 Å². The first kappa shape index (κ1) is 89.0. The van der Waals surface area contributed by atoms with Crippen LogP contribution in [0.5, 0.6) is 5.75 Å². The zero-order valence-electron chi connectivity index (χ0n) is 58.0. The van der Waals surface area contributed by atoms with Crippen LogP contribution in [0.1, 0.15) is 75.5 Å². The number of thiol groups is 1. The fraction of sp³-hybridized carbons (Fsp3) is 0.446. The third-order valence-corrected chi connectivity index (χ3v) is 15.8. The van der Waals surface area contributed by atoms with Gasteiger partial charge in [0, 0.05) is 31.7 Å². The number of phenolic OH excluding ortho intramolecular Hbond substituents is 1. The number of aromatic hydroxyl groups is 1. The van der Waals surface area contributed by atoms with E-state index in [0.717, 1.165) is 12.5 Å². The van der Waals surface area contributed by atoms with Gasteiger partial charge in [0.15, 0.2) is 11.9 Å². The lowest BCUT2D eigenvalue weighted by Crippen LogP contribution is -2.61. The first-order valence-electron chi connectivity index (χ1n) is 33.0. The van der Waals surface area contributed by atoms with Crippen molar-refractivity contribution in [2.24, 2.45) is 17.2 Å². The van der Waals surface area contributed by atoms with Gasteiger partial charge in [0.25, 0.3) is 0 Å². The average Bonchev–Trinajstić information content (AvgIpc) is 0.898. The topological polar surface area (TPSA) is 689 Å². The van der Waals surface area contributed by atoms with Crippen LogP contribution in [0.3, 0.4) is 0 Å². The summed E-state index contributed by atoms with van der Waals surface area (Å²) in [4.78, 5) is 213. The summed E-state index contributed by atoms with van der Waals surface area (Å²) >= 11 is 4.17. The molecule has 0 spiro atoms. The van der Waals surface area contributed by atoms with E-state index < -0.39 is 224 Å². The van der Waals surface area contributed by atoms with Crippen LogP contribution in [0.15, 0.2) is 84.9 Å². The van der Waals surface area contributed by atoms with E-state index in [-0.39, 0.29) is 62.3 Å². The highest BCUT2D eigenvalue weighted by Gasteiger charge is 2.37. The highest BCUT2D eigenvalue weighted by Crippen LogP contribution is 2.14. The number of nitrogens with one attached hydrogen (secondary N) is 16. The predicted octanol–water partition coefficient (Wildman–Crippen LogP) is -7.81. The van der Waals surface area contributed by atoms with Gasteiger partial charge in [0.1, 0.15) is 72.2 Å². The van der Waals surface area contributed by atoms with E-state index in [9.17, 15) is 107 Å². The van der Waals surface area contributed by atoms with Crippen molar-refractivity contribution in [2.75, 3.05) is 32.0 Å². The minimum atomic E-state index is -2.22. The highest BCUT2D eigenvalue weighted by molar-refractivity contribution is 7.80. The molecule has 12 atom stereocenters. The van der Waals surface area contributed by atoms with Crippen LogP contribution in [-0.4, -0.2) is 242 Å². The molecule has 0 aliphatic heterocycles. The smallest absolute Gasteiger partial charge is 0.325 e. The fourth-order valence-electron chi connectivity index (χ4n) is 9.73. The Labute approximate surface area is 616 Å². The number of carboxylic acid groups (broad SMARTS) is 4. The Bertz CT molecular complexity index is 3640. The molecule has 584 valence electrons. The largest absolute Gasteiger partial charge is 0.508 e. The first-order valence-corrected chi connectivity index (χ1v) is 33.6. The lowest BCUT2D eigenvalue weighted by Gasteiger charge is -2.27. The lowest BCUT2D eigenvalue weighted by molar-refractivity contribution is -0.143. The number of amides is 12. The third-order valence-electron chi connectivity index (χ3n) is 15.4. The van der Waals surface area contributed by atoms with Crippen LogP contribution < -0.4 is 91.6 Å². The van der Waals surface area contributed by atoms with E-state index in [1.54, 1.807) is 36.4 Å². The summed E-state index contributed by atoms with van der Waals surface area (Å²) in [5.74, 6) is -22.0. The molecule has 3 rings (SSSR count). The van der Waals surface area contributed by atoms with E-state index in [1.807, 2.05) is 5.32 Å². The Morgan fingerprint density at radius 3 is 1.17 bits per heavy atom.